The van der Waals surface area contributed by atoms with E-state index in [0.29, 0.717) is 0 Å². The van der Waals surface area contributed by atoms with Crippen molar-refractivity contribution in [2.24, 2.45) is 5.92 Å². The van der Waals surface area contributed by atoms with E-state index in [0.717, 1.165) is 10.1 Å². The smallest absolute Gasteiger partial charge is 1.00 e. The van der Waals surface area contributed by atoms with E-state index in [9.17, 15) is 0 Å². The van der Waals surface area contributed by atoms with Crippen LogP contribution in [0.3, 0.4) is 0 Å². The summed E-state index contributed by atoms with van der Waals surface area (Å²) >= 11 is 2.41. The van der Waals surface area contributed by atoms with Crippen molar-refractivity contribution in [2.75, 3.05) is 0 Å². The Morgan fingerprint density at radius 3 is 2.29 bits per heavy atom. The van der Waals surface area contributed by atoms with Crippen molar-refractivity contribution < 1.29 is 57.7 Å². The van der Waals surface area contributed by atoms with E-state index in [1.54, 1.807) is 22.3 Å². The molecule has 17 heavy (non-hydrogen) atoms. The Kier molecular flexibility index (Phi) is 9.93. The second-order valence-electron chi connectivity index (χ2n) is 4.65. The normalized spacial score (nSPS) is 26.9. The fourth-order valence-electron chi connectivity index (χ4n) is 3.15. The van der Waals surface area contributed by atoms with Gasteiger partial charge in [-0.25, -0.2) is 0 Å². The van der Waals surface area contributed by atoms with Crippen LogP contribution < -0.4 is 37.2 Å². The number of allylic oxidation sites excluding steroid dienone is 4. The van der Waals surface area contributed by atoms with Gasteiger partial charge in [0.2, 0.25) is 0 Å². The molecule has 96 valence electrons. The zero-order valence-electron chi connectivity index (χ0n) is 10.6. The Labute approximate surface area is 136 Å². The molecule has 0 bridgehead atoms. The molecule has 2 aliphatic carbocycles. The molecule has 0 radical (unpaired) electrons. The van der Waals surface area contributed by atoms with Crippen molar-refractivity contribution in [3.63, 3.8) is 0 Å². The molecular weight excluding hydrogens is 310 g/mol. The predicted molar refractivity (Wildman–Crippen MR) is 56.8 cm³/mol. The second kappa shape index (κ2) is 8.28. The molecule has 2 atom stereocenters. The van der Waals surface area contributed by atoms with Crippen LogP contribution in [0.15, 0.2) is 22.3 Å². The number of rotatable bonds is 1. The standard InChI is InChI=1S/C13H19.3ClH.Ti/c1-4-11-9(2)10(3)12-7-5-6-8-13(11)12;;;;/h7,11H,4-6,8H2,1-3H3;3*1H;/q;;;;+3/p-3. The topological polar surface area (TPSA) is 0 Å². The Morgan fingerprint density at radius 1 is 1.18 bits per heavy atom. The van der Waals surface area contributed by atoms with Gasteiger partial charge in [0, 0.05) is 0 Å². The van der Waals surface area contributed by atoms with Crippen LogP contribution in [0.5, 0.6) is 0 Å². The Morgan fingerprint density at radius 2 is 1.76 bits per heavy atom. The zero-order valence-corrected chi connectivity index (χ0v) is 14.4. The third kappa shape index (κ3) is 3.54. The predicted octanol–water partition coefficient (Wildman–Crippen LogP) is -4.81. The molecule has 0 saturated heterocycles. The van der Waals surface area contributed by atoms with Gasteiger partial charge in [-0.1, -0.05) is 0 Å². The van der Waals surface area contributed by atoms with Gasteiger partial charge >= 0.3 is 99.3 Å². The van der Waals surface area contributed by atoms with Crippen LogP contribution in [0.2, 0.25) is 4.22 Å². The largest absolute Gasteiger partial charge is 1.00 e. The third-order valence-corrected chi connectivity index (χ3v) is 4.88. The van der Waals surface area contributed by atoms with Crippen LogP contribution in [-0.4, -0.2) is 0 Å². The maximum Gasteiger partial charge on any atom is -1.00 e. The van der Waals surface area contributed by atoms with E-state index in [2.05, 4.69) is 41.2 Å². The van der Waals surface area contributed by atoms with E-state index in [1.807, 2.05) is 0 Å². The van der Waals surface area contributed by atoms with Crippen LogP contribution in [0, 0.1) is 5.92 Å². The van der Waals surface area contributed by atoms with Crippen LogP contribution in [0.1, 0.15) is 46.5 Å². The van der Waals surface area contributed by atoms with E-state index in [1.165, 1.54) is 25.7 Å². The first kappa shape index (κ1) is 20.4. The summed E-state index contributed by atoms with van der Waals surface area (Å²) in [5.74, 6) is 0.799. The monoisotopic (exact) mass is 328 g/mol. The number of hydrogen-bond donors (Lipinski definition) is 0. The van der Waals surface area contributed by atoms with E-state index in [4.69, 9.17) is 0 Å². The van der Waals surface area contributed by atoms with Gasteiger partial charge in [0.1, 0.15) is 0 Å². The van der Waals surface area contributed by atoms with Crippen LogP contribution in [-0.2, 0) is 20.4 Å². The first-order valence-electron chi connectivity index (χ1n) is 5.78. The minimum absolute atomic E-state index is 0. The van der Waals surface area contributed by atoms with Gasteiger partial charge in [-0.3, -0.25) is 0 Å². The fourth-order valence-corrected chi connectivity index (χ4v) is 4.10. The summed E-state index contributed by atoms with van der Waals surface area (Å²) in [6.07, 6.45) is 5.48. The van der Waals surface area contributed by atoms with E-state index < -0.39 is 0 Å². The molecule has 0 fully saturated rings. The Bertz CT molecular complexity index is 321. The van der Waals surface area contributed by atoms with Gasteiger partial charge in [-0.05, 0) is 0 Å². The van der Waals surface area contributed by atoms with Crippen molar-refractivity contribution in [1.29, 1.82) is 0 Å². The van der Waals surface area contributed by atoms with Crippen molar-refractivity contribution in [3.8, 4) is 0 Å². The molecule has 0 aromatic rings. The van der Waals surface area contributed by atoms with E-state index in [-0.39, 0.29) is 37.2 Å². The summed E-state index contributed by atoms with van der Waals surface area (Å²) in [7, 11) is 0. The maximum absolute atomic E-state index is 2.41. The van der Waals surface area contributed by atoms with Crippen molar-refractivity contribution in [3.05, 3.63) is 22.3 Å². The molecule has 4 heteroatoms. The zero-order chi connectivity index (χ0) is 10.3. The SMILES string of the molecule is CCC1C(C)=C(C)C2=C1CCC[CH]2[Ti+3].[Cl-].[Cl-].[Cl-]. The molecule has 0 N–H and O–H groups in total. The minimum Gasteiger partial charge on any atom is -1.00 e. The quantitative estimate of drug-likeness (QED) is 0.424. The minimum atomic E-state index is 0. The molecule has 0 spiro atoms. The van der Waals surface area contributed by atoms with Crippen molar-refractivity contribution in [2.45, 2.75) is 50.7 Å². The van der Waals surface area contributed by atoms with Crippen LogP contribution >= 0.6 is 0 Å². The molecular formula is C13H19Cl3Ti. The average molecular weight is 330 g/mol. The molecule has 0 aliphatic heterocycles. The summed E-state index contributed by atoms with van der Waals surface area (Å²) in [4.78, 5) is 0. The summed E-state index contributed by atoms with van der Waals surface area (Å²) < 4.78 is 0.824. The van der Waals surface area contributed by atoms with Gasteiger partial charge in [-0.15, -0.1) is 0 Å². The summed E-state index contributed by atoms with van der Waals surface area (Å²) in [5.41, 5.74) is 6.81. The van der Waals surface area contributed by atoms with Crippen molar-refractivity contribution in [1.82, 2.24) is 0 Å². The van der Waals surface area contributed by atoms with Crippen LogP contribution in [0.4, 0.5) is 0 Å². The third-order valence-electron chi connectivity index (χ3n) is 3.98. The van der Waals surface area contributed by atoms with Gasteiger partial charge < -0.3 is 37.2 Å². The second-order valence-corrected chi connectivity index (χ2v) is 5.74. The molecule has 0 aromatic heterocycles. The molecule has 0 heterocycles. The molecule has 2 rings (SSSR count). The summed E-state index contributed by atoms with van der Waals surface area (Å²) in [6.45, 7) is 7.01. The van der Waals surface area contributed by atoms with Gasteiger partial charge in [-0.2, -0.15) is 0 Å². The molecule has 2 aliphatic rings. The molecule has 2 unspecified atom stereocenters. The van der Waals surface area contributed by atoms with Crippen LogP contribution in [0.25, 0.3) is 0 Å². The van der Waals surface area contributed by atoms with Gasteiger partial charge in [0.05, 0.1) is 0 Å². The molecule has 0 nitrogen and oxygen atoms in total. The fraction of sp³-hybridized carbons (Fsp3) is 0.692. The first-order valence-corrected chi connectivity index (χ1v) is 6.68. The number of hydrogen-bond acceptors (Lipinski definition) is 0. The molecule has 0 aromatic carbocycles. The molecule has 0 saturated carbocycles. The number of halogens is 3. The van der Waals surface area contributed by atoms with Crippen molar-refractivity contribution >= 4 is 0 Å². The van der Waals surface area contributed by atoms with E-state index >= 15 is 0 Å². The average Bonchev–Trinajstić information content (AvgIpc) is 2.41. The van der Waals surface area contributed by atoms with Gasteiger partial charge in [0.15, 0.2) is 0 Å². The first-order chi connectivity index (χ1) is 6.66. The summed E-state index contributed by atoms with van der Waals surface area (Å²) in [5, 5.41) is 0. The Hall–Kier alpha value is 1.06. The Balaban J connectivity index is 0. The molecule has 0 amide bonds. The summed E-state index contributed by atoms with van der Waals surface area (Å²) in [6, 6.07) is 0. The van der Waals surface area contributed by atoms with Gasteiger partial charge in [0.25, 0.3) is 0 Å². The maximum atomic E-state index is 2.41.